The lowest BCUT2D eigenvalue weighted by atomic mass is 10.0. The van der Waals surface area contributed by atoms with Gasteiger partial charge in [0, 0.05) is 11.1 Å². The van der Waals surface area contributed by atoms with Gasteiger partial charge in [-0.25, -0.2) is 14.2 Å². The number of hydrogen-bond donors (Lipinski definition) is 2. The van der Waals surface area contributed by atoms with Gasteiger partial charge in [-0.2, -0.15) is 5.10 Å². The van der Waals surface area contributed by atoms with Gasteiger partial charge in [0.15, 0.2) is 17.1 Å². The van der Waals surface area contributed by atoms with Crippen LogP contribution in [0.5, 0.6) is 11.5 Å². The molecule has 0 spiro atoms. The smallest absolute Gasteiger partial charge is 0.336 e. The van der Waals surface area contributed by atoms with Crippen LogP contribution < -0.4 is 9.47 Å². The van der Waals surface area contributed by atoms with Crippen molar-refractivity contribution in [1.82, 2.24) is 15.2 Å². The first-order valence-electron chi connectivity index (χ1n) is 9.21. The topological polar surface area (TPSA) is 97.3 Å². The van der Waals surface area contributed by atoms with Crippen molar-refractivity contribution in [2.75, 3.05) is 13.7 Å². The van der Waals surface area contributed by atoms with Gasteiger partial charge in [-0.1, -0.05) is 0 Å². The summed E-state index contributed by atoms with van der Waals surface area (Å²) in [5.41, 5.74) is 2.45. The average molecular weight is 407 g/mol. The summed E-state index contributed by atoms with van der Waals surface area (Å²) in [7, 11) is 1.53. The van der Waals surface area contributed by atoms with Crippen molar-refractivity contribution < 1.29 is 23.8 Å². The molecule has 2 heterocycles. The summed E-state index contributed by atoms with van der Waals surface area (Å²) < 4.78 is 24.2. The fourth-order valence-corrected chi connectivity index (χ4v) is 3.27. The molecule has 7 nitrogen and oxygen atoms in total. The Kier molecular flexibility index (Phi) is 5.05. The first-order valence-corrected chi connectivity index (χ1v) is 9.21. The minimum Gasteiger partial charge on any atom is -0.493 e. The molecule has 4 aromatic rings. The van der Waals surface area contributed by atoms with Crippen LogP contribution in [0.4, 0.5) is 4.39 Å². The number of benzene rings is 2. The van der Waals surface area contributed by atoms with E-state index >= 15 is 0 Å². The number of pyridine rings is 1. The molecule has 0 aliphatic rings. The van der Waals surface area contributed by atoms with Crippen LogP contribution in [-0.4, -0.2) is 40.0 Å². The van der Waals surface area contributed by atoms with Gasteiger partial charge in [0.25, 0.3) is 0 Å². The van der Waals surface area contributed by atoms with E-state index in [0.29, 0.717) is 46.0 Å². The molecule has 2 aromatic carbocycles. The molecule has 0 atom stereocenters. The molecule has 0 amide bonds. The molecular weight excluding hydrogens is 389 g/mol. The SMILES string of the molecule is CCOc1ccc(-c2cc(C(=O)O)c3c(-c4ccc(F)cc4)[nH]nc3n2)cc1OC. The van der Waals surface area contributed by atoms with Gasteiger partial charge in [0.05, 0.1) is 36.1 Å². The highest BCUT2D eigenvalue weighted by atomic mass is 19.1. The first-order chi connectivity index (χ1) is 14.5. The molecule has 8 heteroatoms. The molecule has 2 N–H and O–H groups in total. The van der Waals surface area contributed by atoms with E-state index in [-0.39, 0.29) is 17.0 Å². The van der Waals surface area contributed by atoms with Crippen molar-refractivity contribution in [1.29, 1.82) is 0 Å². The summed E-state index contributed by atoms with van der Waals surface area (Å²) in [5, 5.41) is 17.2. The van der Waals surface area contributed by atoms with Crippen LogP contribution in [0, 0.1) is 5.82 Å². The largest absolute Gasteiger partial charge is 0.493 e. The maximum atomic E-state index is 13.3. The number of hydrogen-bond acceptors (Lipinski definition) is 5. The molecule has 0 bridgehead atoms. The molecule has 0 aliphatic heterocycles. The molecule has 152 valence electrons. The number of ether oxygens (including phenoxy) is 2. The molecular formula is C22H18FN3O4. The van der Waals surface area contributed by atoms with E-state index in [1.807, 2.05) is 6.92 Å². The maximum absolute atomic E-state index is 13.3. The Morgan fingerprint density at radius 3 is 2.50 bits per heavy atom. The lowest BCUT2D eigenvalue weighted by Crippen LogP contribution is -2.01. The first kappa shape index (κ1) is 19.4. The summed E-state index contributed by atoms with van der Waals surface area (Å²) in [6.07, 6.45) is 0. The molecule has 0 saturated heterocycles. The Labute approximate surface area is 171 Å². The number of carbonyl (C=O) groups is 1. The van der Waals surface area contributed by atoms with Gasteiger partial charge < -0.3 is 14.6 Å². The Bertz CT molecular complexity index is 1240. The molecule has 0 unspecified atom stereocenters. The quantitative estimate of drug-likeness (QED) is 0.487. The number of aromatic amines is 1. The zero-order chi connectivity index (χ0) is 21.3. The zero-order valence-corrected chi connectivity index (χ0v) is 16.3. The normalized spacial score (nSPS) is 10.9. The lowest BCUT2D eigenvalue weighted by molar-refractivity contribution is 0.0699. The number of rotatable bonds is 6. The number of H-pyrrole nitrogens is 1. The average Bonchev–Trinajstić information content (AvgIpc) is 3.18. The Hall–Kier alpha value is -3.94. The van der Waals surface area contributed by atoms with Crippen LogP contribution in [0.3, 0.4) is 0 Å². The predicted molar refractivity (Wildman–Crippen MR) is 109 cm³/mol. The van der Waals surface area contributed by atoms with E-state index in [1.54, 1.807) is 30.3 Å². The molecule has 0 fully saturated rings. The summed E-state index contributed by atoms with van der Waals surface area (Å²) >= 11 is 0. The van der Waals surface area contributed by atoms with Crippen LogP contribution in [0.25, 0.3) is 33.5 Å². The van der Waals surface area contributed by atoms with Gasteiger partial charge in [0.2, 0.25) is 0 Å². The van der Waals surface area contributed by atoms with Gasteiger partial charge in [-0.15, -0.1) is 0 Å². The van der Waals surface area contributed by atoms with E-state index in [1.165, 1.54) is 25.3 Å². The summed E-state index contributed by atoms with van der Waals surface area (Å²) in [6.45, 7) is 2.36. The van der Waals surface area contributed by atoms with Crippen LogP contribution in [-0.2, 0) is 0 Å². The van der Waals surface area contributed by atoms with E-state index < -0.39 is 5.97 Å². The summed E-state index contributed by atoms with van der Waals surface area (Å²) in [6, 6.07) is 12.5. The van der Waals surface area contributed by atoms with Crippen LogP contribution in [0.1, 0.15) is 17.3 Å². The molecule has 0 saturated carbocycles. The fourth-order valence-electron chi connectivity index (χ4n) is 3.27. The van der Waals surface area contributed by atoms with Crippen LogP contribution in [0.2, 0.25) is 0 Å². The molecule has 0 aliphatic carbocycles. The number of methoxy groups -OCH3 is 1. The van der Waals surface area contributed by atoms with Crippen molar-refractivity contribution >= 4 is 17.0 Å². The number of halogens is 1. The highest BCUT2D eigenvalue weighted by molar-refractivity contribution is 6.08. The summed E-state index contributed by atoms with van der Waals surface area (Å²) in [4.78, 5) is 16.5. The standard InChI is InChI=1S/C22H18FN3O4/c1-3-30-17-9-6-13(10-18(17)29-2)16-11-15(22(27)28)19-20(25-26-21(19)24-16)12-4-7-14(23)8-5-12/h4-11H,3H2,1-2H3,(H,27,28)(H,24,25,26). The van der Waals surface area contributed by atoms with E-state index in [4.69, 9.17) is 9.47 Å². The minimum absolute atomic E-state index is 0.0379. The number of fused-ring (bicyclic) bond motifs is 1. The monoisotopic (exact) mass is 407 g/mol. The highest BCUT2D eigenvalue weighted by Gasteiger charge is 2.20. The number of carboxylic acid groups (broad SMARTS) is 1. The molecule has 2 aromatic heterocycles. The van der Waals surface area contributed by atoms with Crippen molar-refractivity contribution in [2.24, 2.45) is 0 Å². The van der Waals surface area contributed by atoms with Crippen LogP contribution >= 0.6 is 0 Å². The molecule has 0 radical (unpaired) electrons. The van der Waals surface area contributed by atoms with Crippen molar-refractivity contribution in [3.8, 4) is 34.0 Å². The number of nitrogens with one attached hydrogen (secondary N) is 1. The van der Waals surface area contributed by atoms with Gasteiger partial charge >= 0.3 is 5.97 Å². The van der Waals surface area contributed by atoms with Gasteiger partial charge in [0.1, 0.15) is 5.82 Å². The van der Waals surface area contributed by atoms with Crippen molar-refractivity contribution in [3.63, 3.8) is 0 Å². The highest BCUT2D eigenvalue weighted by Crippen LogP contribution is 2.35. The lowest BCUT2D eigenvalue weighted by Gasteiger charge is -2.11. The Morgan fingerprint density at radius 2 is 1.83 bits per heavy atom. The second-order valence-electron chi connectivity index (χ2n) is 6.46. The third kappa shape index (κ3) is 3.43. The minimum atomic E-state index is -1.12. The number of aromatic carboxylic acids is 1. The number of nitrogens with zero attached hydrogens (tertiary/aromatic N) is 2. The number of carboxylic acids is 1. The van der Waals surface area contributed by atoms with E-state index in [9.17, 15) is 14.3 Å². The second kappa shape index (κ2) is 7.82. The van der Waals surface area contributed by atoms with E-state index in [2.05, 4.69) is 15.2 Å². The second-order valence-corrected chi connectivity index (χ2v) is 6.46. The predicted octanol–water partition coefficient (Wildman–Crippen LogP) is 4.54. The van der Waals surface area contributed by atoms with Gasteiger partial charge in [-0.3, -0.25) is 5.10 Å². The number of aromatic nitrogens is 3. The third-order valence-corrected chi connectivity index (χ3v) is 4.65. The summed E-state index contributed by atoms with van der Waals surface area (Å²) in [5.74, 6) is -0.402. The Balaban J connectivity index is 1.88. The van der Waals surface area contributed by atoms with Crippen molar-refractivity contribution in [2.45, 2.75) is 6.92 Å². The van der Waals surface area contributed by atoms with Crippen molar-refractivity contribution in [3.05, 3.63) is 59.9 Å². The van der Waals surface area contributed by atoms with Gasteiger partial charge in [-0.05, 0) is 55.5 Å². The van der Waals surface area contributed by atoms with Crippen LogP contribution in [0.15, 0.2) is 48.5 Å². The Morgan fingerprint density at radius 1 is 1.10 bits per heavy atom. The maximum Gasteiger partial charge on any atom is 0.336 e. The molecule has 4 rings (SSSR count). The van der Waals surface area contributed by atoms with E-state index in [0.717, 1.165) is 0 Å². The molecule has 30 heavy (non-hydrogen) atoms. The third-order valence-electron chi connectivity index (χ3n) is 4.65. The fraction of sp³-hybridized carbons (Fsp3) is 0.136. The zero-order valence-electron chi connectivity index (χ0n) is 16.3.